The number of nitrogens with zero attached hydrogens (tertiary/aromatic N) is 1. The minimum atomic E-state index is -4.49. The standard InChI is InChI=1S/C17H13F3N2O/c18-17(19,20)13-6-2-4-8-15(13)22-10-12(16(21)23)9-11-5-1-3-7-14(11)22/h1-9H,10H2,(H2,21,23). The fraction of sp³-hybridized carbons (Fsp3) is 0.118. The molecule has 0 radical (unpaired) electrons. The Balaban J connectivity index is 2.18. The Morgan fingerprint density at radius 3 is 2.26 bits per heavy atom. The maximum Gasteiger partial charge on any atom is 0.418 e. The number of anilines is 2. The third kappa shape index (κ3) is 2.79. The van der Waals surface area contributed by atoms with Gasteiger partial charge in [-0.2, -0.15) is 13.2 Å². The fourth-order valence-electron chi connectivity index (χ4n) is 2.66. The molecule has 2 aromatic rings. The number of benzene rings is 2. The lowest BCUT2D eigenvalue weighted by atomic mass is 10.00. The first-order chi connectivity index (χ1) is 10.9. The summed E-state index contributed by atoms with van der Waals surface area (Å²) in [6.07, 6.45) is -2.87. The molecule has 3 rings (SSSR count). The lowest BCUT2D eigenvalue weighted by molar-refractivity contribution is -0.137. The van der Waals surface area contributed by atoms with Crippen LogP contribution in [0.25, 0.3) is 6.08 Å². The first-order valence-electron chi connectivity index (χ1n) is 6.91. The van der Waals surface area contributed by atoms with Crippen molar-refractivity contribution in [1.29, 1.82) is 0 Å². The largest absolute Gasteiger partial charge is 0.418 e. The molecule has 1 aliphatic rings. The van der Waals surface area contributed by atoms with Gasteiger partial charge in [-0.1, -0.05) is 30.3 Å². The molecule has 1 aliphatic heterocycles. The molecular weight excluding hydrogens is 305 g/mol. The molecule has 2 N–H and O–H groups in total. The van der Waals surface area contributed by atoms with E-state index >= 15 is 0 Å². The number of rotatable bonds is 2. The van der Waals surface area contributed by atoms with Gasteiger partial charge in [0.1, 0.15) is 0 Å². The fourth-order valence-corrected chi connectivity index (χ4v) is 2.66. The van der Waals surface area contributed by atoms with Crippen molar-refractivity contribution < 1.29 is 18.0 Å². The molecule has 0 aromatic heterocycles. The van der Waals surface area contributed by atoms with Crippen LogP contribution in [0.2, 0.25) is 0 Å². The Morgan fingerprint density at radius 2 is 1.61 bits per heavy atom. The molecule has 2 aromatic carbocycles. The number of primary amides is 1. The number of halogens is 3. The van der Waals surface area contributed by atoms with Crippen molar-refractivity contribution in [3.05, 3.63) is 65.2 Å². The van der Waals surface area contributed by atoms with Crippen LogP contribution in [0, 0.1) is 0 Å². The third-order valence-corrected chi connectivity index (χ3v) is 3.70. The SMILES string of the molecule is NC(=O)C1=Cc2ccccc2N(c2ccccc2C(F)(F)F)C1. The average Bonchev–Trinajstić information content (AvgIpc) is 2.53. The van der Waals surface area contributed by atoms with Gasteiger partial charge >= 0.3 is 6.18 Å². The highest BCUT2D eigenvalue weighted by atomic mass is 19.4. The summed E-state index contributed by atoms with van der Waals surface area (Å²) >= 11 is 0. The van der Waals surface area contributed by atoms with Crippen LogP contribution in [-0.2, 0) is 11.0 Å². The zero-order chi connectivity index (χ0) is 16.6. The van der Waals surface area contributed by atoms with Gasteiger partial charge in [0.25, 0.3) is 0 Å². The van der Waals surface area contributed by atoms with Crippen molar-refractivity contribution in [3.63, 3.8) is 0 Å². The molecule has 6 heteroatoms. The molecule has 3 nitrogen and oxygen atoms in total. The number of carbonyl (C=O) groups excluding carboxylic acids is 1. The van der Waals surface area contributed by atoms with E-state index in [9.17, 15) is 18.0 Å². The molecule has 0 bridgehead atoms. The molecule has 0 aliphatic carbocycles. The molecule has 0 unspecified atom stereocenters. The molecule has 1 amide bonds. The van der Waals surface area contributed by atoms with Gasteiger partial charge in [0, 0.05) is 11.3 Å². The summed E-state index contributed by atoms with van der Waals surface area (Å²) in [5.41, 5.74) is 6.11. The second-order valence-corrected chi connectivity index (χ2v) is 5.19. The summed E-state index contributed by atoms with van der Waals surface area (Å²) in [6.45, 7) is -0.000556. The van der Waals surface area contributed by atoms with Gasteiger partial charge in [0.2, 0.25) is 5.91 Å². The highest BCUT2D eigenvalue weighted by Crippen LogP contribution is 2.41. The van der Waals surface area contributed by atoms with Crippen LogP contribution in [0.5, 0.6) is 0 Å². The van der Waals surface area contributed by atoms with Crippen LogP contribution in [0.15, 0.2) is 54.1 Å². The molecule has 0 fully saturated rings. The van der Waals surface area contributed by atoms with Crippen LogP contribution in [0.3, 0.4) is 0 Å². The van der Waals surface area contributed by atoms with Crippen LogP contribution >= 0.6 is 0 Å². The van der Waals surface area contributed by atoms with E-state index in [1.807, 2.05) is 0 Å². The van der Waals surface area contributed by atoms with Crippen LogP contribution < -0.4 is 10.6 Å². The number of amides is 1. The third-order valence-electron chi connectivity index (χ3n) is 3.70. The lowest BCUT2D eigenvalue weighted by Crippen LogP contribution is -2.31. The summed E-state index contributed by atoms with van der Waals surface area (Å²) in [6, 6.07) is 12.3. The molecule has 1 heterocycles. The van der Waals surface area contributed by atoms with E-state index in [1.165, 1.54) is 23.1 Å². The topological polar surface area (TPSA) is 46.3 Å². The number of para-hydroxylation sites is 2. The van der Waals surface area contributed by atoms with E-state index in [0.29, 0.717) is 11.3 Å². The Kier molecular flexibility index (Phi) is 3.60. The lowest BCUT2D eigenvalue weighted by Gasteiger charge is -2.32. The quantitative estimate of drug-likeness (QED) is 0.917. The Morgan fingerprint density at radius 1 is 1.00 bits per heavy atom. The van der Waals surface area contributed by atoms with E-state index in [4.69, 9.17) is 5.73 Å². The second kappa shape index (κ2) is 5.46. The summed E-state index contributed by atoms with van der Waals surface area (Å²) in [5, 5.41) is 0. The Bertz CT molecular complexity index is 796. The Hall–Kier alpha value is -2.76. The summed E-state index contributed by atoms with van der Waals surface area (Å²) in [5.74, 6) is -0.644. The van der Waals surface area contributed by atoms with Crippen LogP contribution in [0.4, 0.5) is 24.5 Å². The number of fused-ring (bicyclic) bond motifs is 1. The van der Waals surface area contributed by atoms with E-state index in [2.05, 4.69) is 0 Å². The molecule has 0 saturated carbocycles. The second-order valence-electron chi connectivity index (χ2n) is 5.19. The van der Waals surface area contributed by atoms with E-state index in [1.54, 1.807) is 30.3 Å². The Labute approximate surface area is 130 Å². The molecule has 0 atom stereocenters. The first-order valence-corrected chi connectivity index (χ1v) is 6.91. The van der Waals surface area contributed by atoms with Gasteiger partial charge in [-0.15, -0.1) is 0 Å². The highest BCUT2D eigenvalue weighted by molar-refractivity contribution is 6.01. The van der Waals surface area contributed by atoms with Gasteiger partial charge < -0.3 is 10.6 Å². The molecule has 23 heavy (non-hydrogen) atoms. The number of hydrogen-bond donors (Lipinski definition) is 1. The number of hydrogen-bond acceptors (Lipinski definition) is 2. The smallest absolute Gasteiger partial charge is 0.366 e. The molecule has 118 valence electrons. The van der Waals surface area contributed by atoms with Crippen molar-refractivity contribution in [1.82, 2.24) is 0 Å². The minimum Gasteiger partial charge on any atom is -0.366 e. The number of alkyl halides is 3. The molecule has 0 spiro atoms. The van der Waals surface area contributed by atoms with Crippen molar-refractivity contribution >= 4 is 23.4 Å². The van der Waals surface area contributed by atoms with Gasteiger partial charge in [0.05, 0.1) is 17.8 Å². The van der Waals surface area contributed by atoms with Gasteiger partial charge in [-0.05, 0) is 29.8 Å². The predicted octanol–water partition coefficient (Wildman–Crippen LogP) is 3.73. The van der Waals surface area contributed by atoms with Crippen molar-refractivity contribution in [2.24, 2.45) is 5.73 Å². The van der Waals surface area contributed by atoms with Crippen molar-refractivity contribution in [2.45, 2.75) is 6.18 Å². The number of carbonyl (C=O) groups is 1. The summed E-state index contributed by atoms with van der Waals surface area (Å²) in [4.78, 5) is 13.0. The molecular formula is C17H13F3N2O. The van der Waals surface area contributed by atoms with Crippen LogP contribution in [-0.4, -0.2) is 12.5 Å². The summed E-state index contributed by atoms with van der Waals surface area (Å²) < 4.78 is 39.9. The molecule has 0 saturated heterocycles. The summed E-state index contributed by atoms with van der Waals surface area (Å²) in [7, 11) is 0. The number of nitrogens with two attached hydrogens (primary N) is 1. The maximum atomic E-state index is 13.3. The maximum absolute atomic E-state index is 13.3. The van der Waals surface area contributed by atoms with Gasteiger partial charge in [-0.3, -0.25) is 4.79 Å². The van der Waals surface area contributed by atoms with E-state index < -0.39 is 17.6 Å². The van der Waals surface area contributed by atoms with Crippen molar-refractivity contribution in [2.75, 3.05) is 11.4 Å². The zero-order valence-electron chi connectivity index (χ0n) is 12.0. The van der Waals surface area contributed by atoms with E-state index in [-0.39, 0.29) is 17.8 Å². The normalized spacial score (nSPS) is 14.2. The van der Waals surface area contributed by atoms with Crippen LogP contribution in [0.1, 0.15) is 11.1 Å². The highest BCUT2D eigenvalue weighted by Gasteiger charge is 2.36. The van der Waals surface area contributed by atoms with Gasteiger partial charge in [-0.25, -0.2) is 0 Å². The van der Waals surface area contributed by atoms with E-state index in [0.717, 1.165) is 6.07 Å². The zero-order valence-corrected chi connectivity index (χ0v) is 12.0. The first kappa shape index (κ1) is 15.1. The average molecular weight is 318 g/mol. The predicted molar refractivity (Wildman–Crippen MR) is 82.1 cm³/mol. The monoisotopic (exact) mass is 318 g/mol. The van der Waals surface area contributed by atoms with Crippen molar-refractivity contribution in [3.8, 4) is 0 Å². The minimum absolute atomic E-state index is 0.000556. The van der Waals surface area contributed by atoms with Gasteiger partial charge in [0.15, 0.2) is 0 Å².